The maximum atomic E-state index is 12.0. The standard InChI is InChI=1S/C14H13N3O/c1-9-5-4-6-10-12(9)16-13(17-14(10)18)11-7-2-3-8-15-11/h2-8,13,16H,1H3,(H,17,18)/t13-/m0/s1. The van der Waals surface area contributed by atoms with E-state index in [1.165, 1.54) is 0 Å². The van der Waals surface area contributed by atoms with Gasteiger partial charge in [0, 0.05) is 6.20 Å². The molecule has 0 saturated heterocycles. The fourth-order valence-corrected chi connectivity index (χ4v) is 2.13. The van der Waals surface area contributed by atoms with Gasteiger partial charge in [-0.15, -0.1) is 0 Å². The zero-order valence-electron chi connectivity index (χ0n) is 9.97. The molecule has 0 saturated carbocycles. The number of pyridine rings is 1. The van der Waals surface area contributed by atoms with Gasteiger partial charge in [-0.05, 0) is 30.7 Å². The highest BCUT2D eigenvalue weighted by Crippen LogP contribution is 2.28. The molecule has 3 rings (SSSR count). The number of nitrogens with zero attached hydrogens (tertiary/aromatic N) is 1. The predicted molar refractivity (Wildman–Crippen MR) is 69.2 cm³/mol. The maximum absolute atomic E-state index is 12.0. The summed E-state index contributed by atoms with van der Waals surface area (Å²) in [5.41, 5.74) is 3.43. The molecule has 0 unspecified atom stereocenters. The molecule has 1 amide bonds. The van der Waals surface area contributed by atoms with Gasteiger partial charge >= 0.3 is 0 Å². The van der Waals surface area contributed by atoms with Gasteiger partial charge in [0.1, 0.15) is 6.17 Å². The monoisotopic (exact) mass is 239 g/mol. The van der Waals surface area contributed by atoms with Crippen molar-refractivity contribution in [3.8, 4) is 0 Å². The second-order valence-corrected chi connectivity index (χ2v) is 4.30. The van der Waals surface area contributed by atoms with Crippen LogP contribution in [0, 0.1) is 6.92 Å². The fourth-order valence-electron chi connectivity index (χ4n) is 2.13. The number of aryl methyl sites for hydroxylation is 1. The highest BCUT2D eigenvalue weighted by atomic mass is 16.2. The lowest BCUT2D eigenvalue weighted by molar-refractivity contribution is 0.0934. The largest absolute Gasteiger partial charge is 0.359 e. The third kappa shape index (κ3) is 1.72. The minimum absolute atomic E-state index is 0.0666. The Morgan fingerprint density at radius 1 is 1.11 bits per heavy atom. The van der Waals surface area contributed by atoms with Gasteiger partial charge in [0.25, 0.3) is 5.91 Å². The third-order valence-electron chi connectivity index (χ3n) is 3.07. The first kappa shape index (κ1) is 10.8. The lowest BCUT2D eigenvalue weighted by atomic mass is 10.0. The first-order chi connectivity index (χ1) is 8.75. The number of carbonyl (C=O) groups is 1. The normalized spacial score (nSPS) is 17.6. The molecule has 0 radical (unpaired) electrons. The summed E-state index contributed by atoms with van der Waals surface area (Å²) < 4.78 is 0. The first-order valence-electron chi connectivity index (χ1n) is 5.83. The molecule has 1 aliphatic rings. The summed E-state index contributed by atoms with van der Waals surface area (Å²) in [6.45, 7) is 1.99. The molecule has 2 heterocycles. The van der Waals surface area contributed by atoms with Gasteiger partial charge in [0.05, 0.1) is 16.9 Å². The van der Waals surface area contributed by atoms with Gasteiger partial charge < -0.3 is 10.6 Å². The van der Waals surface area contributed by atoms with Gasteiger partial charge in [-0.1, -0.05) is 18.2 Å². The van der Waals surface area contributed by atoms with E-state index in [0.29, 0.717) is 5.56 Å². The summed E-state index contributed by atoms with van der Waals surface area (Å²) in [5, 5.41) is 6.22. The highest BCUT2D eigenvalue weighted by Gasteiger charge is 2.25. The van der Waals surface area contributed by atoms with E-state index in [2.05, 4.69) is 15.6 Å². The second-order valence-electron chi connectivity index (χ2n) is 4.30. The molecule has 2 N–H and O–H groups in total. The van der Waals surface area contributed by atoms with E-state index in [-0.39, 0.29) is 12.1 Å². The van der Waals surface area contributed by atoms with Crippen molar-refractivity contribution in [2.45, 2.75) is 13.1 Å². The van der Waals surface area contributed by atoms with Crippen molar-refractivity contribution in [1.82, 2.24) is 10.3 Å². The molecule has 0 aliphatic carbocycles. The van der Waals surface area contributed by atoms with Crippen molar-refractivity contribution in [3.63, 3.8) is 0 Å². The zero-order valence-corrected chi connectivity index (χ0v) is 9.97. The minimum Gasteiger partial charge on any atom is -0.359 e. The highest BCUT2D eigenvalue weighted by molar-refractivity contribution is 6.02. The Morgan fingerprint density at radius 2 is 2.00 bits per heavy atom. The fraction of sp³-hybridized carbons (Fsp3) is 0.143. The molecule has 1 aromatic heterocycles. The van der Waals surface area contributed by atoms with E-state index in [0.717, 1.165) is 16.9 Å². The van der Waals surface area contributed by atoms with Crippen LogP contribution in [0.2, 0.25) is 0 Å². The van der Waals surface area contributed by atoms with Crippen LogP contribution >= 0.6 is 0 Å². The van der Waals surface area contributed by atoms with Crippen LogP contribution in [0.3, 0.4) is 0 Å². The Kier molecular flexibility index (Phi) is 2.48. The Hall–Kier alpha value is -2.36. The number of nitrogens with one attached hydrogen (secondary N) is 2. The van der Waals surface area contributed by atoms with E-state index in [1.54, 1.807) is 6.20 Å². The number of fused-ring (bicyclic) bond motifs is 1. The smallest absolute Gasteiger partial charge is 0.255 e. The van der Waals surface area contributed by atoms with Gasteiger partial charge in [-0.25, -0.2) is 0 Å². The zero-order chi connectivity index (χ0) is 12.5. The number of hydrogen-bond donors (Lipinski definition) is 2. The van der Waals surface area contributed by atoms with Crippen LogP contribution in [0.1, 0.15) is 27.8 Å². The molecule has 2 aromatic rings. The lowest BCUT2D eigenvalue weighted by Gasteiger charge is -2.28. The van der Waals surface area contributed by atoms with Crippen LogP contribution in [-0.4, -0.2) is 10.9 Å². The number of amides is 1. The summed E-state index contributed by atoms with van der Waals surface area (Å²) >= 11 is 0. The summed E-state index contributed by atoms with van der Waals surface area (Å²) in [5.74, 6) is -0.0666. The van der Waals surface area contributed by atoms with Crippen molar-refractivity contribution in [3.05, 3.63) is 59.4 Å². The average molecular weight is 239 g/mol. The summed E-state index contributed by atoms with van der Waals surface area (Å²) in [4.78, 5) is 16.3. The molecular formula is C14H13N3O. The van der Waals surface area contributed by atoms with Crippen molar-refractivity contribution in [2.24, 2.45) is 0 Å². The topological polar surface area (TPSA) is 54.0 Å². The maximum Gasteiger partial charge on any atom is 0.255 e. The second kappa shape index (κ2) is 4.14. The number of aromatic nitrogens is 1. The van der Waals surface area contributed by atoms with Crippen molar-refractivity contribution >= 4 is 11.6 Å². The number of anilines is 1. The number of hydrogen-bond acceptors (Lipinski definition) is 3. The van der Waals surface area contributed by atoms with E-state index in [9.17, 15) is 4.79 Å². The molecule has 1 aliphatic heterocycles. The molecule has 18 heavy (non-hydrogen) atoms. The Labute approximate surface area is 105 Å². The molecule has 90 valence electrons. The van der Waals surface area contributed by atoms with Crippen molar-refractivity contribution in [2.75, 3.05) is 5.32 Å². The van der Waals surface area contributed by atoms with Crippen LogP contribution in [0.25, 0.3) is 0 Å². The van der Waals surface area contributed by atoms with Gasteiger partial charge in [-0.2, -0.15) is 0 Å². The van der Waals surface area contributed by atoms with Crippen molar-refractivity contribution < 1.29 is 4.79 Å². The number of para-hydroxylation sites is 1. The molecule has 4 heteroatoms. The first-order valence-corrected chi connectivity index (χ1v) is 5.83. The number of benzene rings is 1. The minimum atomic E-state index is -0.271. The van der Waals surface area contributed by atoms with Crippen LogP contribution in [-0.2, 0) is 0 Å². The van der Waals surface area contributed by atoms with Gasteiger partial charge in [-0.3, -0.25) is 9.78 Å². The van der Waals surface area contributed by atoms with Crippen LogP contribution < -0.4 is 10.6 Å². The Bertz CT molecular complexity index is 595. The SMILES string of the molecule is Cc1cccc2c1N[C@H](c1ccccn1)NC2=O. The van der Waals surface area contributed by atoms with E-state index < -0.39 is 0 Å². The van der Waals surface area contributed by atoms with Crippen LogP contribution in [0.4, 0.5) is 5.69 Å². The van der Waals surface area contributed by atoms with E-state index in [1.807, 2.05) is 43.3 Å². The van der Waals surface area contributed by atoms with Crippen LogP contribution in [0.15, 0.2) is 42.6 Å². The third-order valence-corrected chi connectivity index (χ3v) is 3.07. The van der Waals surface area contributed by atoms with E-state index in [4.69, 9.17) is 0 Å². The Balaban J connectivity index is 2.01. The summed E-state index contributed by atoms with van der Waals surface area (Å²) in [6.07, 6.45) is 1.45. The molecule has 0 fully saturated rings. The molecule has 1 atom stereocenters. The predicted octanol–water partition coefficient (Wildman–Crippen LogP) is 2.24. The van der Waals surface area contributed by atoms with Gasteiger partial charge in [0.15, 0.2) is 0 Å². The summed E-state index contributed by atoms with van der Waals surface area (Å²) in [7, 11) is 0. The van der Waals surface area contributed by atoms with E-state index >= 15 is 0 Å². The quantitative estimate of drug-likeness (QED) is 0.802. The molecule has 1 aromatic carbocycles. The molecule has 4 nitrogen and oxygen atoms in total. The average Bonchev–Trinajstić information content (AvgIpc) is 2.41. The lowest BCUT2D eigenvalue weighted by Crippen LogP contribution is -2.39. The van der Waals surface area contributed by atoms with Crippen molar-refractivity contribution in [1.29, 1.82) is 0 Å². The van der Waals surface area contributed by atoms with Crippen LogP contribution in [0.5, 0.6) is 0 Å². The number of rotatable bonds is 1. The summed E-state index contributed by atoms with van der Waals surface area (Å²) in [6, 6.07) is 11.3. The van der Waals surface area contributed by atoms with Gasteiger partial charge in [0.2, 0.25) is 0 Å². The number of carbonyl (C=O) groups excluding carboxylic acids is 1. The molecular weight excluding hydrogens is 226 g/mol. The molecule has 0 spiro atoms. The Morgan fingerprint density at radius 3 is 2.78 bits per heavy atom. The molecule has 0 bridgehead atoms.